The lowest BCUT2D eigenvalue weighted by Gasteiger charge is -2.26. The van der Waals surface area contributed by atoms with Crippen LogP contribution in [-0.4, -0.2) is 0 Å². The fourth-order valence-corrected chi connectivity index (χ4v) is 8.50. The molecule has 0 aliphatic rings. The number of hydrogen-bond acceptors (Lipinski definition) is 2. The lowest BCUT2D eigenvalue weighted by atomic mass is 9.93. The van der Waals surface area contributed by atoms with E-state index in [0.29, 0.717) is 0 Å². The molecule has 284 valence electrons. The molecule has 0 bridgehead atoms. The van der Waals surface area contributed by atoms with Crippen molar-refractivity contribution in [3.63, 3.8) is 0 Å². The van der Waals surface area contributed by atoms with E-state index in [-0.39, 0.29) is 0 Å². The van der Waals surface area contributed by atoms with Gasteiger partial charge in [-0.3, -0.25) is 0 Å². The predicted molar refractivity (Wildman–Crippen MR) is 257 cm³/mol. The van der Waals surface area contributed by atoms with Crippen molar-refractivity contribution in [1.29, 1.82) is 0 Å². The molecule has 0 aliphatic carbocycles. The molecular weight excluding hydrogens is 727 g/mol. The summed E-state index contributed by atoms with van der Waals surface area (Å²) in [4.78, 5) is 2.32. The summed E-state index contributed by atoms with van der Waals surface area (Å²) in [5.74, 6) is 0. The molecule has 0 radical (unpaired) electrons. The van der Waals surface area contributed by atoms with Gasteiger partial charge in [0, 0.05) is 33.4 Å². The molecule has 0 spiro atoms. The molecule has 0 N–H and O–H groups in total. The van der Waals surface area contributed by atoms with Crippen LogP contribution in [0.3, 0.4) is 0 Å². The number of allylic oxidation sites excluding steroid dienone is 5. The topological polar surface area (TPSA) is 16.4 Å². The molecule has 0 unspecified atom stereocenters. The van der Waals surface area contributed by atoms with E-state index in [9.17, 15) is 0 Å². The van der Waals surface area contributed by atoms with E-state index < -0.39 is 0 Å². The van der Waals surface area contributed by atoms with Gasteiger partial charge < -0.3 is 9.32 Å². The maximum atomic E-state index is 6.42. The van der Waals surface area contributed by atoms with Crippen molar-refractivity contribution in [3.05, 3.63) is 248 Å². The third-order valence-electron chi connectivity index (χ3n) is 11.5. The van der Waals surface area contributed by atoms with Crippen LogP contribution in [0.5, 0.6) is 0 Å². The molecule has 1 aromatic heterocycles. The van der Waals surface area contributed by atoms with Gasteiger partial charge in [-0.1, -0.05) is 189 Å². The first-order valence-electron chi connectivity index (χ1n) is 20.3. The Bertz CT molecular complexity index is 3260. The highest BCUT2D eigenvalue weighted by Crippen LogP contribution is 2.41. The van der Waals surface area contributed by atoms with E-state index in [0.717, 1.165) is 72.4 Å². The zero-order valence-electron chi connectivity index (χ0n) is 33.1. The number of furan rings is 1. The maximum absolute atomic E-state index is 6.42. The van der Waals surface area contributed by atoms with Gasteiger partial charge >= 0.3 is 0 Å². The first kappa shape index (κ1) is 36.4. The van der Waals surface area contributed by atoms with Crippen LogP contribution in [0.15, 0.2) is 242 Å². The highest BCUT2D eigenvalue weighted by molar-refractivity contribution is 6.14. The highest BCUT2D eigenvalue weighted by Gasteiger charge is 2.16. The number of para-hydroxylation sites is 2. The molecule has 0 amide bonds. The van der Waals surface area contributed by atoms with E-state index in [4.69, 9.17) is 4.42 Å². The van der Waals surface area contributed by atoms with Gasteiger partial charge in [-0.2, -0.15) is 0 Å². The Morgan fingerprint density at radius 1 is 0.450 bits per heavy atom. The van der Waals surface area contributed by atoms with Crippen LogP contribution < -0.4 is 4.90 Å². The van der Waals surface area contributed by atoms with Crippen LogP contribution in [0.4, 0.5) is 17.1 Å². The zero-order valence-corrected chi connectivity index (χ0v) is 33.1. The van der Waals surface area contributed by atoms with Crippen molar-refractivity contribution >= 4 is 72.2 Å². The molecule has 0 atom stereocenters. The van der Waals surface area contributed by atoms with Gasteiger partial charge in [0.2, 0.25) is 0 Å². The van der Waals surface area contributed by atoms with Gasteiger partial charge in [0.1, 0.15) is 11.2 Å². The summed E-state index contributed by atoms with van der Waals surface area (Å²) in [6.07, 6.45) is 8.03. The fourth-order valence-electron chi connectivity index (χ4n) is 8.50. The normalized spacial score (nSPS) is 12.0. The molecule has 60 heavy (non-hydrogen) atoms. The SMILES string of the molecule is C=CC(/C=C/c1ccc(N(c2ccc(-c3cc4ccccc4c4ccccc34)cc2)c2ccc(-c3cccc4c3oc3ccccc34)cc2)cc1)=C(\C=C)c1ccccc1. The van der Waals surface area contributed by atoms with E-state index in [1.165, 1.54) is 32.7 Å². The van der Waals surface area contributed by atoms with Crippen LogP contribution in [0.1, 0.15) is 11.1 Å². The van der Waals surface area contributed by atoms with Gasteiger partial charge in [-0.25, -0.2) is 0 Å². The van der Waals surface area contributed by atoms with Crippen molar-refractivity contribution in [1.82, 2.24) is 0 Å². The summed E-state index contributed by atoms with van der Waals surface area (Å²) < 4.78 is 6.42. The van der Waals surface area contributed by atoms with E-state index in [1.807, 2.05) is 42.5 Å². The number of anilines is 3. The molecule has 0 aliphatic heterocycles. The van der Waals surface area contributed by atoms with E-state index in [2.05, 4.69) is 200 Å². The minimum Gasteiger partial charge on any atom is -0.455 e. The minimum absolute atomic E-state index is 0.898. The molecule has 1 heterocycles. The monoisotopic (exact) mass is 767 g/mol. The maximum Gasteiger partial charge on any atom is 0.143 e. The van der Waals surface area contributed by atoms with Crippen molar-refractivity contribution in [3.8, 4) is 22.3 Å². The molecular formula is C58H41NO. The summed E-state index contributed by atoms with van der Waals surface area (Å²) in [6, 6.07) is 71.1. The quantitative estimate of drug-likeness (QED) is 0.102. The Balaban J connectivity index is 1.04. The van der Waals surface area contributed by atoms with Crippen LogP contribution in [-0.2, 0) is 0 Å². The molecule has 10 aromatic rings. The van der Waals surface area contributed by atoms with Crippen molar-refractivity contribution in [2.24, 2.45) is 0 Å². The highest BCUT2D eigenvalue weighted by atomic mass is 16.3. The van der Waals surface area contributed by atoms with Crippen LogP contribution in [0.25, 0.3) is 77.4 Å². The molecule has 10 rings (SSSR count). The molecule has 2 heteroatoms. The Hall–Kier alpha value is -7.94. The number of rotatable bonds is 10. The zero-order chi connectivity index (χ0) is 40.4. The molecule has 0 saturated carbocycles. The van der Waals surface area contributed by atoms with Crippen LogP contribution in [0, 0.1) is 0 Å². The second-order valence-electron chi connectivity index (χ2n) is 15.0. The van der Waals surface area contributed by atoms with Crippen LogP contribution in [0.2, 0.25) is 0 Å². The number of fused-ring (bicyclic) bond motifs is 6. The Morgan fingerprint density at radius 3 is 1.70 bits per heavy atom. The van der Waals surface area contributed by atoms with Gasteiger partial charge in [0.25, 0.3) is 0 Å². The molecule has 0 saturated heterocycles. The van der Waals surface area contributed by atoms with Crippen LogP contribution >= 0.6 is 0 Å². The smallest absolute Gasteiger partial charge is 0.143 e. The summed E-state index contributed by atoms with van der Waals surface area (Å²) in [7, 11) is 0. The Kier molecular flexibility index (Phi) is 9.57. The number of hydrogen-bond donors (Lipinski definition) is 0. The van der Waals surface area contributed by atoms with Gasteiger partial charge in [-0.05, 0) is 109 Å². The molecule has 2 nitrogen and oxygen atoms in total. The average Bonchev–Trinajstić information content (AvgIpc) is 3.70. The first-order chi connectivity index (χ1) is 29.7. The summed E-state index contributed by atoms with van der Waals surface area (Å²) in [5.41, 5.74) is 13.8. The van der Waals surface area contributed by atoms with Gasteiger partial charge in [0.15, 0.2) is 0 Å². The largest absolute Gasteiger partial charge is 0.455 e. The summed E-state index contributed by atoms with van der Waals surface area (Å²) >= 11 is 0. The Labute approximate surface area is 350 Å². The van der Waals surface area contributed by atoms with Crippen molar-refractivity contribution in [2.75, 3.05) is 4.90 Å². The Morgan fingerprint density at radius 2 is 1.02 bits per heavy atom. The standard InChI is InChI=1S/C58H41NO/c1-3-41(49(4-2)42-15-6-5-7-16-42)28-25-40-26-33-46(34-27-40)59(47-35-29-43(30-36-47)51-22-14-23-55-54-21-12-13-24-57(54)60-58(51)55)48-37-31-44(32-38-48)56-39-45-17-8-9-18-50(45)52-19-10-11-20-53(52)56/h3-39H,1-2H2/b28-25+,49-41-. The number of nitrogens with zero attached hydrogens (tertiary/aromatic N) is 1. The fraction of sp³-hybridized carbons (Fsp3) is 0. The van der Waals surface area contributed by atoms with Gasteiger partial charge in [0.05, 0.1) is 0 Å². The minimum atomic E-state index is 0.898. The van der Waals surface area contributed by atoms with Crippen molar-refractivity contribution < 1.29 is 4.42 Å². The summed E-state index contributed by atoms with van der Waals surface area (Å²) in [5, 5.41) is 7.27. The second-order valence-corrected chi connectivity index (χ2v) is 15.0. The molecule has 9 aromatic carbocycles. The number of benzene rings is 9. The third-order valence-corrected chi connectivity index (χ3v) is 11.5. The molecule has 0 fully saturated rings. The second kappa shape index (κ2) is 15.8. The average molecular weight is 768 g/mol. The van der Waals surface area contributed by atoms with Gasteiger partial charge in [-0.15, -0.1) is 0 Å². The van der Waals surface area contributed by atoms with Crippen molar-refractivity contribution in [2.45, 2.75) is 0 Å². The van der Waals surface area contributed by atoms with E-state index in [1.54, 1.807) is 0 Å². The third kappa shape index (κ3) is 6.70. The first-order valence-corrected chi connectivity index (χ1v) is 20.3. The summed E-state index contributed by atoms with van der Waals surface area (Å²) in [6.45, 7) is 8.20. The predicted octanol–water partition coefficient (Wildman–Crippen LogP) is 16.5. The lowest BCUT2D eigenvalue weighted by Crippen LogP contribution is -2.09. The van der Waals surface area contributed by atoms with E-state index >= 15 is 0 Å². The lowest BCUT2D eigenvalue weighted by molar-refractivity contribution is 0.670.